The Hall–Kier alpha value is -1.99. The van der Waals surface area contributed by atoms with Gasteiger partial charge in [0.1, 0.15) is 5.02 Å². The van der Waals surface area contributed by atoms with Crippen molar-refractivity contribution in [1.82, 2.24) is 10.3 Å². The van der Waals surface area contributed by atoms with E-state index in [2.05, 4.69) is 10.3 Å². The lowest BCUT2D eigenvalue weighted by Crippen LogP contribution is -2.25. The van der Waals surface area contributed by atoms with Crippen molar-refractivity contribution in [3.05, 3.63) is 55.0 Å². The first-order valence-corrected chi connectivity index (χ1v) is 7.36. The van der Waals surface area contributed by atoms with E-state index in [4.69, 9.17) is 11.6 Å². The molecule has 1 heterocycles. The van der Waals surface area contributed by atoms with E-state index < -0.39 is 4.92 Å². The van der Waals surface area contributed by atoms with Crippen LogP contribution in [0.1, 0.15) is 21.1 Å². The number of thiazole rings is 1. The number of nitro groups is 1. The third kappa shape index (κ3) is 3.99. The van der Waals surface area contributed by atoms with Gasteiger partial charge in [-0.1, -0.05) is 11.6 Å². The highest BCUT2D eigenvalue weighted by Crippen LogP contribution is 2.24. The average Bonchev–Trinajstić information content (AvgIpc) is 2.84. The SMILES string of the molecule is Cc1csc(CCNC(=O)c2ccc(Cl)c([N+](=O)[O-])c2)n1. The van der Waals surface area contributed by atoms with E-state index in [1.807, 2.05) is 12.3 Å². The average molecular weight is 326 g/mol. The van der Waals surface area contributed by atoms with Crippen molar-refractivity contribution in [3.63, 3.8) is 0 Å². The van der Waals surface area contributed by atoms with Crippen LogP contribution in [0.3, 0.4) is 0 Å². The summed E-state index contributed by atoms with van der Waals surface area (Å²) in [4.78, 5) is 26.4. The number of carbonyl (C=O) groups is 1. The van der Waals surface area contributed by atoms with E-state index in [-0.39, 0.29) is 22.2 Å². The topological polar surface area (TPSA) is 85.1 Å². The fourth-order valence-corrected chi connectivity index (χ4v) is 2.66. The second kappa shape index (κ2) is 6.64. The smallest absolute Gasteiger partial charge is 0.288 e. The quantitative estimate of drug-likeness (QED) is 0.676. The van der Waals surface area contributed by atoms with Crippen molar-refractivity contribution in [2.45, 2.75) is 13.3 Å². The van der Waals surface area contributed by atoms with Crippen LogP contribution in [0, 0.1) is 17.0 Å². The van der Waals surface area contributed by atoms with Gasteiger partial charge in [0.25, 0.3) is 11.6 Å². The summed E-state index contributed by atoms with van der Waals surface area (Å²) in [6.45, 7) is 2.33. The molecule has 0 atom stereocenters. The molecule has 0 bridgehead atoms. The molecule has 0 saturated heterocycles. The van der Waals surface area contributed by atoms with Crippen molar-refractivity contribution >= 4 is 34.5 Å². The number of aryl methyl sites for hydroxylation is 1. The van der Waals surface area contributed by atoms with Crippen LogP contribution in [0.4, 0.5) is 5.69 Å². The fourth-order valence-electron chi connectivity index (χ4n) is 1.70. The van der Waals surface area contributed by atoms with E-state index in [1.54, 1.807) is 0 Å². The van der Waals surface area contributed by atoms with E-state index in [0.29, 0.717) is 13.0 Å². The van der Waals surface area contributed by atoms with Crippen LogP contribution >= 0.6 is 22.9 Å². The zero-order valence-corrected chi connectivity index (χ0v) is 12.7. The van der Waals surface area contributed by atoms with Crippen molar-refractivity contribution in [2.24, 2.45) is 0 Å². The number of halogens is 1. The molecule has 0 aliphatic heterocycles. The van der Waals surface area contributed by atoms with Gasteiger partial charge in [-0.25, -0.2) is 4.98 Å². The normalized spacial score (nSPS) is 10.4. The van der Waals surface area contributed by atoms with Gasteiger partial charge in [0, 0.05) is 35.7 Å². The zero-order valence-electron chi connectivity index (χ0n) is 11.1. The van der Waals surface area contributed by atoms with E-state index in [9.17, 15) is 14.9 Å². The number of nitro benzene ring substituents is 1. The molecule has 0 saturated carbocycles. The lowest BCUT2D eigenvalue weighted by atomic mass is 10.2. The predicted octanol–water partition coefficient (Wildman–Crippen LogP) is 2.99. The Labute approximate surface area is 129 Å². The maximum atomic E-state index is 11.9. The Balaban J connectivity index is 1.97. The minimum atomic E-state index is -0.614. The standard InChI is InChI=1S/C13H12ClN3O3S/c1-8-7-21-12(16-8)4-5-15-13(18)9-2-3-10(14)11(6-9)17(19)20/h2-3,6-7H,4-5H2,1H3,(H,15,18). The number of amides is 1. The molecule has 1 N–H and O–H groups in total. The number of carbonyl (C=O) groups excluding carboxylic acids is 1. The highest BCUT2D eigenvalue weighted by molar-refractivity contribution is 7.09. The van der Waals surface area contributed by atoms with Gasteiger partial charge in [0.2, 0.25) is 0 Å². The summed E-state index contributed by atoms with van der Waals surface area (Å²) >= 11 is 7.24. The van der Waals surface area contributed by atoms with Crippen LogP contribution in [0.5, 0.6) is 0 Å². The van der Waals surface area contributed by atoms with Crippen molar-refractivity contribution < 1.29 is 9.72 Å². The van der Waals surface area contributed by atoms with Gasteiger partial charge in [0.15, 0.2) is 0 Å². The monoisotopic (exact) mass is 325 g/mol. The Morgan fingerprint density at radius 2 is 2.29 bits per heavy atom. The first-order chi connectivity index (χ1) is 9.97. The number of hydrogen-bond donors (Lipinski definition) is 1. The third-order valence-corrected chi connectivity index (χ3v) is 4.04. The molecule has 21 heavy (non-hydrogen) atoms. The molecule has 110 valence electrons. The van der Waals surface area contributed by atoms with Crippen LogP contribution in [0.15, 0.2) is 23.6 Å². The van der Waals surface area contributed by atoms with Crippen molar-refractivity contribution in [2.75, 3.05) is 6.54 Å². The van der Waals surface area contributed by atoms with E-state index >= 15 is 0 Å². The maximum Gasteiger partial charge on any atom is 0.288 e. The molecule has 0 aliphatic carbocycles. The first-order valence-electron chi connectivity index (χ1n) is 6.10. The van der Waals surface area contributed by atoms with Gasteiger partial charge in [-0.05, 0) is 19.1 Å². The second-order valence-corrected chi connectivity index (χ2v) is 5.66. The molecule has 1 aromatic heterocycles. The largest absolute Gasteiger partial charge is 0.352 e. The van der Waals surface area contributed by atoms with Crippen molar-refractivity contribution in [3.8, 4) is 0 Å². The molecule has 1 aromatic carbocycles. The molecule has 1 amide bonds. The molecular formula is C13H12ClN3O3S. The van der Waals surface area contributed by atoms with E-state index in [1.165, 1.54) is 29.5 Å². The molecule has 2 aromatic rings. The molecule has 6 nitrogen and oxygen atoms in total. The Morgan fingerprint density at radius 1 is 1.52 bits per heavy atom. The highest BCUT2D eigenvalue weighted by Gasteiger charge is 2.16. The number of nitrogens with one attached hydrogen (secondary N) is 1. The number of nitrogens with zero attached hydrogens (tertiary/aromatic N) is 2. The molecule has 0 spiro atoms. The minimum absolute atomic E-state index is 0.00908. The summed E-state index contributed by atoms with van der Waals surface area (Å²) in [5.74, 6) is -0.372. The molecular weight excluding hydrogens is 314 g/mol. The Morgan fingerprint density at radius 3 is 2.90 bits per heavy atom. The fraction of sp³-hybridized carbons (Fsp3) is 0.231. The highest BCUT2D eigenvalue weighted by atomic mass is 35.5. The third-order valence-electron chi connectivity index (χ3n) is 2.70. The molecule has 2 rings (SSSR count). The molecule has 0 radical (unpaired) electrons. The maximum absolute atomic E-state index is 11.9. The van der Waals surface area contributed by atoms with Crippen LogP contribution in [0.2, 0.25) is 5.02 Å². The van der Waals surface area contributed by atoms with Gasteiger partial charge in [-0.2, -0.15) is 0 Å². The summed E-state index contributed by atoms with van der Waals surface area (Å²) < 4.78 is 0. The summed E-state index contributed by atoms with van der Waals surface area (Å²) in [5, 5.41) is 16.4. The summed E-state index contributed by atoms with van der Waals surface area (Å²) in [6, 6.07) is 3.97. The van der Waals surface area contributed by atoms with Crippen molar-refractivity contribution in [1.29, 1.82) is 0 Å². The number of rotatable bonds is 5. The van der Waals surface area contributed by atoms with Crippen LogP contribution in [0.25, 0.3) is 0 Å². The molecule has 0 aliphatic rings. The number of hydrogen-bond acceptors (Lipinski definition) is 5. The van der Waals surface area contributed by atoms with Gasteiger partial charge < -0.3 is 5.32 Å². The predicted molar refractivity (Wildman–Crippen MR) is 81.0 cm³/mol. The lowest BCUT2D eigenvalue weighted by molar-refractivity contribution is -0.384. The van der Waals surface area contributed by atoms with Crippen LogP contribution in [-0.2, 0) is 6.42 Å². The summed E-state index contributed by atoms with van der Waals surface area (Å²) in [5.41, 5.74) is 0.885. The lowest BCUT2D eigenvalue weighted by Gasteiger charge is -2.04. The van der Waals surface area contributed by atoms with Gasteiger partial charge in [-0.15, -0.1) is 11.3 Å². The van der Waals surface area contributed by atoms with Gasteiger partial charge in [0.05, 0.1) is 9.93 Å². The minimum Gasteiger partial charge on any atom is -0.352 e. The van der Waals surface area contributed by atoms with Gasteiger partial charge >= 0.3 is 0 Å². The zero-order chi connectivity index (χ0) is 15.4. The van der Waals surface area contributed by atoms with E-state index in [0.717, 1.165) is 10.7 Å². The Kier molecular flexibility index (Phi) is 4.87. The molecule has 0 unspecified atom stereocenters. The second-order valence-electron chi connectivity index (χ2n) is 4.31. The summed E-state index contributed by atoms with van der Waals surface area (Å²) in [6.07, 6.45) is 0.625. The number of benzene rings is 1. The molecule has 0 fully saturated rings. The molecule has 8 heteroatoms. The van der Waals surface area contributed by atoms with Crippen LogP contribution < -0.4 is 5.32 Å². The van der Waals surface area contributed by atoms with Crippen LogP contribution in [-0.4, -0.2) is 22.4 Å². The summed E-state index contributed by atoms with van der Waals surface area (Å²) in [7, 11) is 0. The first kappa shape index (κ1) is 15.4. The number of aromatic nitrogens is 1. The van der Waals surface area contributed by atoms with Gasteiger partial charge in [-0.3, -0.25) is 14.9 Å². The Bertz CT molecular complexity index is 687.